The van der Waals surface area contributed by atoms with Gasteiger partial charge < -0.3 is 14.2 Å². The van der Waals surface area contributed by atoms with Crippen molar-refractivity contribution in [2.75, 3.05) is 13.2 Å². The van der Waals surface area contributed by atoms with Crippen LogP contribution in [0.4, 0.5) is 0 Å². The molecule has 0 rings (SSSR count). The van der Waals surface area contributed by atoms with Crippen molar-refractivity contribution in [2.24, 2.45) is 0 Å². The smallest absolute Gasteiger partial charge is 0.306 e. The minimum absolute atomic E-state index is 0.0951. The third-order valence-electron chi connectivity index (χ3n) is 12.6. The first kappa shape index (κ1) is 71.3. The molecule has 76 heavy (non-hydrogen) atoms. The van der Waals surface area contributed by atoms with Crippen LogP contribution in [0.25, 0.3) is 0 Å². The molecule has 0 aromatic heterocycles. The van der Waals surface area contributed by atoms with Crippen LogP contribution in [0.15, 0.2) is 146 Å². The van der Waals surface area contributed by atoms with Gasteiger partial charge in [-0.25, -0.2) is 0 Å². The van der Waals surface area contributed by atoms with Gasteiger partial charge in [-0.3, -0.25) is 14.4 Å². The standard InChI is InChI=1S/C70H112O6/c1-4-7-10-13-16-19-21-23-25-27-29-31-33-35-37-39-41-43-45-47-49-51-54-57-60-63-69(72)75-66-67(65-74-68(71)62-59-56-53-18-15-12-9-6-3)76-70(73)64-61-58-55-52-50-48-46-44-42-40-38-36-34-32-30-28-26-24-22-20-17-14-11-8-5-2/h7-8,10-11,16-17,19-20,23-26,29-32,35-38,41,43,47,49,67H,4-6,9,12-15,18,21-22,27-28,33-34,39-40,42,44-46,48,50-66H2,1-3H3/b10-7-,11-8-,19-16-,20-17-,25-23-,26-24-,31-29-,32-30-,37-35-,38-36-,43-41-,49-47-. The summed E-state index contributed by atoms with van der Waals surface area (Å²) in [5.74, 6) is -0.943. The van der Waals surface area contributed by atoms with E-state index >= 15 is 0 Å². The van der Waals surface area contributed by atoms with E-state index in [0.29, 0.717) is 19.3 Å². The van der Waals surface area contributed by atoms with Crippen LogP contribution in [0.5, 0.6) is 0 Å². The van der Waals surface area contributed by atoms with Crippen LogP contribution in [-0.4, -0.2) is 37.2 Å². The summed E-state index contributed by atoms with van der Waals surface area (Å²) in [6, 6.07) is 0. The van der Waals surface area contributed by atoms with E-state index in [-0.39, 0.29) is 31.1 Å². The lowest BCUT2D eigenvalue weighted by atomic mass is 10.1. The molecule has 0 saturated heterocycles. The van der Waals surface area contributed by atoms with Crippen LogP contribution in [-0.2, 0) is 28.6 Å². The first-order valence-electron chi connectivity index (χ1n) is 30.8. The number of allylic oxidation sites excluding steroid dienone is 24. The van der Waals surface area contributed by atoms with Gasteiger partial charge in [-0.05, 0) is 122 Å². The van der Waals surface area contributed by atoms with Crippen LogP contribution in [0.3, 0.4) is 0 Å². The summed E-state index contributed by atoms with van der Waals surface area (Å²) >= 11 is 0. The van der Waals surface area contributed by atoms with Crippen LogP contribution in [0.1, 0.15) is 258 Å². The highest BCUT2D eigenvalue weighted by molar-refractivity contribution is 5.71. The monoisotopic (exact) mass is 1050 g/mol. The third-order valence-corrected chi connectivity index (χ3v) is 12.6. The maximum atomic E-state index is 12.9. The van der Waals surface area contributed by atoms with Gasteiger partial charge in [0.1, 0.15) is 13.2 Å². The molecule has 0 aliphatic rings. The van der Waals surface area contributed by atoms with E-state index in [4.69, 9.17) is 14.2 Å². The minimum atomic E-state index is -0.800. The molecule has 0 saturated carbocycles. The predicted octanol–water partition coefficient (Wildman–Crippen LogP) is 21.2. The van der Waals surface area contributed by atoms with Gasteiger partial charge in [0.15, 0.2) is 6.10 Å². The second kappa shape index (κ2) is 62.8. The number of carbonyl (C=O) groups excluding carboxylic acids is 3. The van der Waals surface area contributed by atoms with Crippen molar-refractivity contribution in [1.29, 1.82) is 0 Å². The molecule has 1 unspecified atom stereocenters. The lowest BCUT2D eigenvalue weighted by Crippen LogP contribution is -2.30. The summed E-state index contributed by atoms with van der Waals surface area (Å²) in [5, 5.41) is 0. The molecular formula is C70H112O6. The normalized spacial score (nSPS) is 13.1. The van der Waals surface area contributed by atoms with Crippen LogP contribution < -0.4 is 0 Å². The number of ether oxygens (including phenoxy) is 3. The van der Waals surface area contributed by atoms with Crippen LogP contribution >= 0.6 is 0 Å². The van der Waals surface area contributed by atoms with E-state index < -0.39 is 6.10 Å². The number of hydrogen-bond acceptors (Lipinski definition) is 6. The summed E-state index contributed by atoms with van der Waals surface area (Å²) < 4.78 is 16.8. The number of unbranched alkanes of at least 4 members (excludes halogenated alkanes) is 19. The molecule has 0 bridgehead atoms. The summed E-state index contributed by atoms with van der Waals surface area (Å²) in [6.07, 6.45) is 90.0. The molecule has 0 N–H and O–H groups in total. The molecule has 0 aromatic carbocycles. The first-order chi connectivity index (χ1) is 37.5. The van der Waals surface area contributed by atoms with E-state index in [0.717, 1.165) is 148 Å². The van der Waals surface area contributed by atoms with E-state index in [2.05, 4.69) is 167 Å². The van der Waals surface area contributed by atoms with Crippen molar-refractivity contribution in [3.05, 3.63) is 146 Å². The SMILES string of the molecule is CC/C=C\C/C=C\C/C=C\C/C=C\C/C=C\C/C=C\C/C=C\CCCCCC(=O)OCC(COC(=O)CCCCCCCCCC)OC(=O)CCCCCCCCCCC/C=C\C/C=C\C/C=C\C/C=C\C/C=C\CC. The Bertz CT molecular complexity index is 1680. The van der Waals surface area contributed by atoms with Gasteiger partial charge in [-0.2, -0.15) is 0 Å². The Balaban J connectivity index is 4.32. The van der Waals surface area contributed by atoms with Crippen LogP contribution in [0.2, 0.25) is 0 Å². The Hall–Kier alpha value is -4.71. The molecule has 0 spiro atoms. The topological polar surface area (TPSA) is 78.9 Å². The predicted molar refractivity (Wildman–Crippen MR) is 329 cm³/mol. The van der Waals surface area contributed by atoms with Crippen molar-refractivity contribution in [2.45, 2.75) is 264 Å². The van der Waals surface area contributed by atoms with Gasteiger partial charge in [-0.15, -0.1) is 0 Å². The molecule has 6 nitrogen and oxygen atoms in total. The molecular weight excluding hydrogens is 937 g/mol. The van der Waals surface area contributed by atoms with E-state index in [1.54, 1.807) is 0 Å². The second-order valence-electron chi connectivity index (χ2n) is 19.9. The lowest BCUT2D eigenvalue weighted by Gasteiger charge is -2.18. The molecule has 428 valence electrons. The van der Waals surface area contributed by atoms with Crippen molar-refractivity contribution in [3.63, 3.8) is 0 Å². The van der Waals surface area contributed by atoms with Gasteiger partial charge in [0.2, 0.25) is 0 Å². The fourth-order valence-electron chi connectivity index (χ4n) is 8.04. The third kappa shape index (κ3) is 60.2. The number of rotatable bonds is 54. The fraction of sp³-hybridized carbons (Fsp3) is 0.614. The summed E-state index contributed by atoms with van der Waals surface area (Å²) in [6.45, 7) is 6.34. The van der Waals surface area contributed by atoms with E-state index in [9.17, 15) is 14.4 Å². The maximum absolute atomic E-state index is 12.9. The lowest BCUT2D eigenvalue weighted by molar-refractivity contribution is -0.167. The second-order valence-corrected chi connectivity index (χ2v) is 19.9. The van der Waals surface area contributed by atoms with E-state index in [1.807, 2.05) is 0 Å². The van der Waals surface area contributed by atoms with E-state index in [1.165, 1.54) is 70.6 Å². The molecule has 6 heteroatoms. The van der Waals surface area contributed by atoms with Gasteiger partial charge in [0.05, 0.1) is 0 Å². The van der Waals surface area contributed by atoms with Crippen LogP contribution in [0, 0.1) is 0 Å². The average molecular weight is 1050 g/mol. The molecule has 0 aliphatic carbocycles. The Morgan fingerprint density at radius 1 is 0.276 bits per heavy atom. The molecule has 0 amide bonds. The Morgan fingerprint density at radius 2 is 0.513 bits per heavy atom. The highest BCUT2D eigenvalue weighted by Crippen LogP contribution is 2.14. The van der Waals surface area contributed by atoms with Crippen molar-refractivity contribution >= 4 is 17.9 Å². The number of esters is 3. The van der Waals surface area contributed by atoms with Crippen molar-refractivity contribution in [1.82, 2.24) is 0 Å². The summed E-state index contributed by atoms with van der Waals surface area (Å²) in [5.41, 5.74) is 0. The Labute approximate surface area is 467 Å². The minimum Gasteiger partial charge on any atom is -0.462 e. The molecule has 1 atom stereocenters. The van der Waals surface area contributed by atoms with Crippen molar-refractivity contribution < 1.29 is 28.6 Å². The summed E-state index contributed by atoms with van der Waals surface area (Å²) in [7, 11) is 0. The average Bonchev–Trinajstić information content (AvgIpc) is 3.42. The van der Waals surface area contributed by atoms with Crippen molar-refractivity contribution in [3.8, 4) is 0 Å². The zero-order valence-corrected chi connectivity index (χ0v) is 49.0. The molecule has 0 heterocycles. The molecule has 0 fully saturated rings. The highest BCUT2D eigenvalue weighted by Gasteiger charge is 2.19. The number of carbonyl (C=O) groups is 3. The summed E-state index contributed by atoms with van der Waals surface area (Å²) in [4.78, 5) is 38.1. The van der Waals surface area contributed by atoms with Gasteiger partial charge in [0, 0.05) is 19.3 Å². The maximum Gasteiger partial charge on any atom is 0.306 e. The number of hydrogen-bond donors (Lipinski definition) is 0. The van der Waals surface area contributed by atoms with Gasteiger partial charge in [-0.1, -0.05) is 263 Å². The Kier molecular flexibility index (Phi) is 58.9. The molecule has 0 aliphatic heterocycles. The quantitative estimate of drug-likeness (QED) is 0.0261. The zero-order chi connectivity index (χ0) is 55.0. The fourth-order valence-corrected chi connectivity index (χ4v) is 8.04. The zero-order valence-electron chi connectivity index (χ0n) is 49.0. The van der Waals surface area contributed by atoms with Gasteiger partial charge in [0.25, 0.3) is 0 Å². The largest absolute Gasteiger partial charge is 0.462 e. The first-order valence-corrected chi connectivity index (χ1v) is 30.8. The van der Waals surface area contributed by atoms with Gasteiger partial charge >= 0.3 is 17.9 Å². The molecule has 0 radical (unpaired) electrons. The Morgan fingerprint density at radius 3 is 0.816 bits per heavy atom. The molecule has 0 aromatic rings. The highest BCUT2D eigenvalue weighted by atomic mass is 16.6.